The number of nitrogens with one attached hydrogen (secondary N) is 2. The van der Waals surface area contributed by atoms with Gasteiger partial charge in [-0.05, 0) is 43.9 Å². The van der Waals surface area contributed by atoms with Gasteiger partial charge in [-0.1, -0.05) is 6.07 Å². The Kier molecular flexibility index (Phi) is 5.06. The highest BCUT2D eigenvalue weighted by molar-refractivity contribution is 7.89. The van der Waals surface area contributed by atoms with Crippen molar-refractivity contribution < 1.29 is 17.9 Å². The molecule has 0 unspecified atom stereocenters. The number of nitrogens with zero attached hydrogens (tertiary/aromatic N) is 5. The molecule has 3 saturated carbocycles. The minimum atomic E-state index is -3.78. The Morgan fingerprint density at radius 1 is 1.29 bits per heavy atom. The van der Waals surface area contributed by atoms with E-state index in [2.05, 4.69) is 30.1 Å². The topological polar surface area (TPSA) is 167 Å². The van der Waals surface area contributed by atoms with Crippen molar-refractivity contribution in [2.24, 2.45) is 5.41 Å². The molecule has 0 saturated heterocycles. The van der Waals surface area contributed by atoms with Crippen LogP contribution in [0.15, 0.2) is 41.9 Å². The summed E-state index contributed by atoms with van der Waals surface area (Å²) in [6, 6.07) is 4.89. The fraction of sp³-hybridized carbons (Fsp3) is 0.381. The summed E-state index contributed by atoms with van der Waals surface area (Å²) >= 11 is 0. The number of ether oxygens (including phenoxy) is 1. The van der Waals surface area contributed by atoms with Crippen molar-refractivity contribution in [2.45, 2.75) is 36.6 Å². The second-order valence-corrected chi connectivity index (χ2v) is 10.7. The third-order valence-electron chi connectivity index (χ3n) is 6.42. The molecule has 4 N–H and O–H groups in total. The van der Waals surface area contributed by atoms with Gasteiger partial charge in [0.2, 0.25) is 10.0 Å². The van der Waals surface area contributed by atoms with Crippen molar-refractivity contribution >= 4 is 21.9 Å². The van der Waals surface area contributed by atoms with E-state index >= 15 is 0 Å². The van der Waals surface area contributed by atoms with E-state index in [4.69, 9.17) is 10.5 Å². The Morgan fingerprint density at radius 2 is 2.06 bits per heavy atom. The molecule has 0 aliphatic heterocycles. The summed E-state index contributed by atoms with van der Waals surface area (Å²) < 4.78 is 35.8. The number of nitrogens with two attached hydrogens (primary N) is 1. The first-order chi connectivity index (χ1) is 16.1. The minimum absolute atomic E-state index is 0.134. The highest BCUT2D eigenvalue weighted by Crippen LogP contribution is 2.67. The molecule has 13 heteroatoms. The van der Waals surface area contributed by atoms with Crippen molar-refractivity contribution in [3.05, 3.63) is 42.6 Å². The Morgan fingerprint density at radius 3 is 2.74 bits per heavy atom. The Balaban J connectivity index is 1.36. The first-order valence-corrected chi connectivity index (χ1v) is 12.1. The number of aromatic nitrogens is 5. The predicted octanol–water partition coefficient (Wildman–Crippen LogP) is 1.17. The van der Waals surface area contributed by atoms with Crippen LogP contribution < -0.4 is 15.8 Å². The fourth-order valence-corrected chi connectivity index (χ4v) is 6.37. The molecule has 2 bridgehead atoms. The summed E-state index contributed by atoms with van der Waals surface area (Å²) in [6.07, 6.45) is 5.75. The molecule has 2 aromatic heterocycles. The number of hydrogen-bond acceptors (Lipinski definition) is 9. The zero-order valence-corrected chi connectivity index (χ0v) is 19.5. The van der Waals surface area contributed by atoms with E-state index in [1.165, 1.54) is 30.6 Å². The van der Waals surface area contributed by atoms with Crippen LogP contribution in [0.2, 0.25) is 0 Å². The Labute approximate surface area is 196 Å². The molecule has 3 aromatic rings. The Hall–Kier alpha value is -3.58. The van der Waals surface area contributed by atoms with E-state index in [9.17, 15) is 13.2 Å². The maximum Gasteiger partial charge on any atom is 0.406 e. The van der Waals surface area contributed by atoms with Crippen LogP contribution in [0.4, 0.5) is 10.6 Å². The normalized spacial score (nSPS) is 23.0. The smallest absolute Gasteiger partial charge is 0.406 e. The predicted molar refractivity (Wildman–Crippen MR) is 121 cm³/mol. The Bertz CT molecular complexity index is 1350. The molecular weight excluding hydrogens is 460 g/mol. The second-order valence-electron chi connectivity index (χ2n) is 9.02. The van der Waals surface area contributed by atoms with Crippen LogP contribution in [0.1, 0.15) is 24.8 Å². The van der Waals surface area contributed by atoms with Gasteiger partial charge in [0.1, 0.15) is 12.7 Å². The lowest BCUT2D eigenvalue weighted by Gasteiger charge is -2.69. The van der Waals surface area contributed by atoms with Crippen molar-refractivity contribution in [3.8, 4) is 17.1 Å². The highest BCUT2D eigenvalue weighted by atomic mass is 32.2. The molecule has 1 aromatic carbocycles. The summed E-state index contributed by atoms with van der Waals surface area (Å²) in [5.41, 5.74) is 7.24. The average Bonchev–Trinajstić information content (AvgIpc) is 3.29. The van der Waals surface area contributed by atoms with Gasteiger partial charge in [0.15, 0.2) is 11.6 Å². The van der Waals surface area contributed by atoms with Crippen LogP contribution in [0.3, 0.4) is 0 Å². The van der Waals surface area contributed by atoms with Gasteiger partial charge in [-0.2, -0.15) is 9.78 Å². The van der Waals surface area contributed by atoms with Gasteiger partial charge in [-0.15, -0.1) is 0 Å². The number of rotatable bonds is 7. The van der Waals surface area contributed by atoms with Crippen LogP contribution in [0.25, 0.3) is 17.1 Å². The number of anilines is 1. The third kappa shape index (κ3) is 3.76. The first-order valence-electron chi connectivity index (χ1n) is 10.6. The van der Waals surface area contributed by atoms with Crippen LogP contribution >= 0.6 is 0 Å². The summed E-state index contributed by atoms with van der Waals surface area (Å²) in [5.74, 6) is 0.481. The number of sulfonamides is 1. The number of aryl methyl sites for hydroxylation is 1. The highest BCUT2D eigenvalue weighted by Gasteiger charge is 2.69. The number of carbonyl (C=O) groups excluding carboxylic acids is 1. The van der Waals surface area contributed by atoms with Crippen LogP contribution in [-0.4, -0.2) is 58.4 Å². The summed E-state index contributed by atoms with van der Waals surface area (Å²) in [4.78, 5) is 24.1. The van der Waals surface area contributed by atoms with E-state index in [-0.39, 0.29) is 22.7 Å². The number of benzene rings is 1. The van der Waals surface area contributed by atoms with Crippen molar-refractivity contribution in [1.29, 1.82) is 0 Å². The molecule has 34 heavy (non-hydrogen) atoms. The largest absolute Gasteiger partial charge is 0.449 e. The number of nitrogen functional groups attached to an aromatic ring is 1. The minimum Gasteiger partial charge on any atom is -0.449 e. The molecule has 0 spiro atoms. The maximum absolute atomic E-state index is 13.2. The van der Waals surface area contributed by atoms with Gasteiger partial charge in [0, 0.05) is 23.6 Å². The van der Waals surface area contributed by atoms with Crippen LogP contribution in [0, 0.1) is 12.3 Å². The number of alkyl carbamates (subject to hydrolysis) is 1. The summed E-state index contributed by atoms with van der Waals surface area (Å²) in [7, 11) is -2.28. The number of carbonyl (C=O) groups is 1. The van der Waals surface area contributed by atoms with Crippen molar-refractivity contribution in [1.82, 2.24) is 34.8 Å². The molecule has 1 amide bonds. The standard InChI is InChI=1S/C21H24N8O4S/c1-13-3-4-14(5-15(13)16-6-25-17(22)18(27-16)29-12-24-11-26-29)34(31,32)28-21-7-20(8-21,9-21)10-33-19(30)23-2/h3-6,11-12,28H,7-10H2,1-2H3,(H2,22,25)(H,23,30). The van der Waals surface area contributed by atoms with Gasteiger partial charge < -0.3 is 15.8 Å². The van der Waals surface area contributed by atoms with Gasteiger partial charge in [-0.25, -0.2) is 32.9 Å². The SMILES string of the molecule is CNC(=O)OCC12CC(NS(=O)(=O)c3ccc(C)c(-c4cnc(N)c(-n5cncn5)n4)c3)(C1)C2. The molecule has 3 fully saturated rings. The van der Waals surface area contributed by atoms with Gasteiger partial charge >= 0.3 is 6.09 Å². The molecule has 178 valence electrons. The molecule has 12 nitrogen and oxygen atoms in total. The van der Waals surface area contributed by atoms with Crippen LogP contribution in [-0.2, 0) is 14.8 Å². The zero-order valence-electron chi connectivity index (χ0n) is 18.6. The van der Waals surface area contributed by atoms with Crippen LogP contribution in [0.5, 0.6) is 0 Å². The summed E-state index contributed by atoms with van der Waals surface area (Å²) in [6.45, 7) is 2.15. The molecule has 3 aliphatic carbocycles. The van der Waals surface area contributed by atoms with Gasteiger partial charge in [0.25, 0.3) is 0 Å². The molecule has 0 radical (unpaired) electrons. The molecule has 6 rings (SSSR count). The van der Waals surface area contributed by atoms with E-state index in [1.54, 1.807) is 18.2 Å². The van der Waals surface area contributed by atoms with E-state index in [0.29, 0.717) is 36.3 Å². The van der Waals surface area contributed by atoms with E-state index in [0.717, 1.165) is 5.56 Å². The number of hydrogen-bond donors (Lipinski definition) is 3. The average molecular weight is 485 g/mol. The molecule has 3 aliphatic rings. The lowest BCUT2D eigenvalue weighted by molar-refractivity contribution is -0.167. The third-order valence-corrected chi connectivity index (χ3v) is 7.99. The zero-order chi connectivity index (χ0) is 24.1. The van der Waals surface area contributed by atoms with Gasteiger partial charge in [-0.3, -0.25) is 0 Å². The first kappa shape index (κ1) is 22.2. The van der Waals surface area contributed by atoms with Crippen molar-refractivity contribution in [3.63, 3.8) is 0 Å². The molecular formula is C21H24N8O4S. The van der Waals surface area contributed by atoms with E-state index in [1.807, 2.05) is 6.92 Å². The fourth-order valence-electron chi connectivity index (χ4n) is 4.94. The van der Waals surface area contributed by atoms with Gasteiger partial charge in [0.05, 0.1) is 23.4 Å². The molecule has 2 heterocycles. The second kappa shape index (κ2) is 7.74. The lowest BCUT2D eigenvalue weighted by atomic mass is 9.40. The van der Waals surface area contributed by atoms with E-state index < -0.39 is 21.7 Å². The lowest BCUT2D eigenvalue weighted by Crippen LogP contribution is -2.75. The van der Waals surface area contributed by atoms with Crippen molar-refractivity contribution in [2.75, 3.05) is 19.4 Å². The molecule has 0 atom stereocenters. The summed E-state index contributed by atoms with van der Waals surface area (Å²) in [5, 5.41) is 6.45. The maximum atomic E-state index is 13.2. The number of amides is 1. The quantitative estimate of drug-likeness (QED) is 0.446. The monoisotopic (exact) mass is 484 g/mol.